The van der Waals surface area contributed by atoms with Crippen molar-refractivity contribution in [3.63, 3.8) is 0 Å². The van der Waals surface area contributed by atoms with Crippen LogP contribution in [0, 0.1) is 3.57 Å². The van der Waals surface area contributed by atoms with E-state index in [1.165, 1.54) is 6.07 Å². The van der Waals surface area contributed by atoms with Gasteiger partial charge >= 0.3 is 0 Å². The van der Waals surface area contributed by atoms with Crippen LogP contribution in [0.3, 0.4) is 0 Å². The summed E-state index contributed by atoms with van der Waals surface area (Å²) in [5, 5.41) is 0.350. The van der Waals surface area contributed by atoms with E-state index in [1.807, 2.05) is 22.6 Å². The van der Waals surface area contributed by atoms with E-state index in [1.54, 1.807) is 6.20 Å². The van der Waals surface area contributed by atoms with Crippen LogP contribution in [0.25, 0.3) is 0 Å². The van der Waals surface area contributed by atoms with E-state index in [0.29, 0.717) is 10.7 Å². The molecule has 0 aliphatic rings. The highest BCUT2D eigenvalue weighted by molar-refractivity contribution is 14.1. The number of aldehydes is 1. The average Bonchev–Trinajstić information content (AvgIpc) is 1.94. The predicted molar refractivity (Wildman–Crippen MR) is 47.4 cm³/mol. The predicted octanol–water partition coefficient (Wildman–Crippen LogP) is 2.15. The molecule has 10 heavy (non-hydrogen) atoms. The van der Waals surface area contributed by atoms with Gasteiger partial charge in [0.25, 0.3) is 0 Å². The van der Waals surface area contributed by atoms with Gasteiger partial charge in [0.05, 0.1) is 0 Å². The van der Waals surface area contributed by atoms with Crippen LogP contribution in [-0.2, 0) is 0 Å². The lowest BCUT2D eigenvalue weighted by Crippen LogP contribution is -1.87. The second kappa shape index (κ2) is 3.30. The fourth-order valence-electron chi connectivity index (χ4n) is 0.518. The summed E-state index contributed by atoms with van der Waals surface area (Å²) < 4.78 is 0.817. The lowest BCUT2D eigenvalue weighted by atomic mass is 10.3. The van der Waals surface area contributed by atoms with E-state index >= 15 is 0 Å². The minimum Gasteiger partial charge on any atom is -0.298 e. The summed E-state index contributed by atoms with van der Waals surface area (Å²) in [7, 11) is 0. The number of carbonyl (C=O) groups is 1. The highest BCUT2D eigenvalue weighted by atomic mass is 127. The summed E-state index contributed by atoms with van der Waals surface area (Å²) in [6, 6.07) is 1.54. The van der Waals surface area contributed by atoms with Crippen LogP contribution in [-0.4, -0.2) is 11.3 Å². The summed E-state index contributed by atoms with van der Waals surface area (Å²) in [4.78, 5) is 14.1. The van der Waals surface area contributed by atoms with E-state index in [-0.39, 0.29) is 0 Å². The molecule has 0 aliphatic carbocycles. The molecule has 0 bridgehead atoms. The summed E-state index contributed by atoms with van der Waals surface area (Å²) in [5.41, 5.74) is 0.584. The zero-order valence-corrected chi connectivity index (χ0v) is 7.76. The van der Waals surface area contributed by atoms with Gasteiger partial charge in [-0.25, -0.2) is 4.98 Å². The quantitative estimate of drug-likeness (QED) is 0.443. The lowest BCUT2D eigenvalue weighted by Gasteiger charge is -1.93. The molecule has 1 rings (SSSR count). The number of halogens is 2. The molecule has 1 heterocycles. The molecule has 0 fully saturated rings. The van der Waals surface area contributed by atoms with Gasteiger partial charge in [0.15, 0.2) is 6.29 Å². The summed E-state index contributed by atoms with van der Waals surface area (Å²) in [5.74, 6) is 0. The summed E-state index contributed by atoms with van der Waals surface area (Å²) in [6.07, 6.45) is 2.32. The van der Waals surface area contributed by atoms with Crippen LogP contribution in [0.4, 0.5) is 0 Å². The highest BCUT2D eigenvalue weighted by Gasteiger charge is 1.98. The average molecular weight is 267 g/mol. The molecular formula is C6H3ClINO. The third-order valence-corrected chi connectivity index (χ3v) is 2.09. The van der Waals surface area contributed by atoms with Gasteiger partial charge in [-0.3, -0.25) is 4.79 Å². The Bertz CT molecular complexity index is 264. The molecule has 0 amide bonds. The molecule has 0 aromatic carbocycles. The molecule has 0 aliphatic heterocycles. The van der Waals surface area contributed by atoms with E-state index in [4.69, 9.17) is 11.6 Å². The van der Waals surface area contributed by atoms with Crippen LogP contribution in [0.2, 0.25) is 5.15 Å². The number of carbonyl (C=O) groups excluding carboxylic acids is 1. The second-order valence-corrected chi connectivity index (χ2v) is 3.20. The fourth-order valence-corrected chi connectivity index (χ4v) is 1.11. The number of nitrogens with zero attached hydrogens (tertiary/aromatic N) is 1. The van der Waals surface area contributed by atoms with Gasteiger partial charge in [-0.05, 0) is 28.7 Å². The molecule has 0 radical (unpaired) electrons. The zero-order chi connectivity index (χ0) is 7.56. The first-order valence-electron chi connectivity index (χ1n) is 2.50. The molecular weight excluding hydrogens is 264 g/mol. The zero-order valence-electron chi connectivity index (χ0n) is 4.84. The van der Waals surface area contributed by atoms with Gasteiger partial charge in [-0.15, -0.1) is 0 Å². The molecule has 4 heteroatoms. The Kier molecular flexibility index (Phi) is 2.62. The third-order valence-electron chi connectivity index (χ3n) is 0.979. The SMILES string of the molecule is O=Cc1cc(Cl)ncc1I. The minimum atomic E-state index is 0.350. The third kappa shape index (κ3) is 1.67. The van der Waals surface area contributed by atoms with Crippen molar-refractivity contribution in [1.82, 2.24) is 4.98 Å². The Morgan fingerprint density at radius 3 is 2.90 bits per heavy atom. The van der Waals surface area contributed by atoms with Gasteiger partial charge in [-0.2, -0.15) is 0 Å². The fraction of sp³-hybridized carbons (Fsp3) is 0. The highest BCUT2D eigenvalue weighted by Crippen LogP contribution is 2.12. The molecule has 0 spiro atoms. The second-order valence-electron chi connectivity index (χ2n) is 1.65. The smallest absolute Gasteiger partial charge is 0.151 e. The van der Waals surface area contributed by atoms with Crippen molar-refractivity contribution in [2.24, 2.45) is 0 Å². The molecule has 1 aromatic rings. The molecule has 52 valence electrons. The van der Waals surface area contributed by atoms with E-state index in [2.05, 4.69) is 4.98 Å². The Morgan fingerprint density at radius 1 is 1.70 bits per heavy atom. The molecule has 2 nitrogen and oxygen atoms in total. The molecule has 0 atom stereocenters. The number of aromatic nitrogens is 1. The molecule has 1 aromatic heterocycles. The Hall–Kier alpha value is -0.160. The largest absolute Gasteiger partial charge is 0.298 e. The van der Waals surface area contributed by atoms with Crippen LogP contribution >= 0.6 is 34.2 Å². The normalized spacial score (nSPS) is 9.40. The van der Waals surface area contributed by atoms with Crippen molar-refractivity contribution in [2.45, 2.75) is 0 Å². The van der Waals surface area contributed by atoms with Crippen LogP contribution in [0.1, 0.15) is 10.4 Å². The van der Waals surface area contributed by atoms with Gasteiger partial charge in [0.2, 0.25) is 0 Å². The summed E-state index contributed by atoms with van der Waals surface area (Å²) in [6.45, 7) is 0. The summed E-state index contributed by atoms with van der Waals surface area (Å²) >= 11 is 7.55. The first-order valence-corrected chi connectivity index (χ1v) is 3.96. The number of hydrogen-bond donors (Lipinski definition) is 0. The standard InChI is InChI=1S/C6H3ClINO/c7-6-1-4(3-10)5(8)2-9-6/h1-3H. The van der Waals surface area contributed by atoms with E-state index in [0.717, 1.165) is 9.86 Å². The molecule has 0 saturated carbocycles. The number of rotatable bonds is 1. The van der Waals surface area contributed by atoms with Gasteiger partial charge in [0, 0.05) is 15.3 Å². The topological polar surface area (TPSA) is 30.0 Å². The maximum absolute atomic E-state index is 10.3. The maximum Gasteiger partial charge on any atom is 0.151 e. The molecule has 0 N–H and O–H groups in total. The van der Waals surface area contributed by atoms with Crippen molar-refractivity contribution in [2.75, 3.05) is 0 Å². The number of pyridine rings is 1. The van der Waals surface area contributed by atoms with Gasteiger partial charge in [-0.1, -0.05) is 11.6 Å². The first kappa shape index (κ1) is 7.94. The Labute approximate surface area is 76.7 Å². The van der Waals surface area contributed by atoms with Crippen LogP contribution in [0.5, 0.6) is 0 Å². The molecule has 0 saturated heterocycles. The van der Waals surface area contributed by atoms with Crippen LogP contribution in [0.15, 0.2) is 12.3 Å². The van der Waals surface area contributed by atoms with Crippen molar-refractivity contribution < 1.29 is 4.79 Å². The maximum atomic E-state index is 10.3. The molecule has 0 unspecified atom stereocenters. The van der Waals surface area contributed by atoms with E-state index in [9.17, 15) is 4.79 Å². The van der Waals surface area contributed by atoms with Crippen molar-refractivity contribution in [3.8, 4) is 0 Å². The Morgan fingerprint density at radius 2 is 2.40 bits per heavy atom. The minimum absolute atomic E-state index is 0.350. The first-order chi connectivity index (χ1) is 4.74. The van der Waals surface area contributed by atoms with Crippen molar-refractivity contribution in [3.05, 3.63) is 26.5 Å². The van der Waals surface area contributed by atoms with Gasteiger partial charge in [0.1, 0.15) is 5.15 Å². The van der Waals surface area contributed by atoms with Crippen molar-refractivity contribution in [1.29, 1.82) is 0 Å². The van der Waals surface area contributed by atoms with Crippen LogP contribution < -0.4 is 0 Å². The monoisotopic (exact) mass is 267 g/mol. The Balaban J connectivity index is 3.21. The van der Waals surface area contributed by atoms with E-state index < -0.39 is 0 Å². The lowest BCUT2D eigenvalue weighted by molar-refractivity contribution is 0.112. The van der Waals surface area contributed by atoms with Gasteiger partial charge < -0.3 is 0 Å². The number of hydrogen-bond acceptors (Lipinski definition) is 2. The van der Waals surface area contributed by atoms with Crippen molar-refractivity contribution >= 4 is 40.5 Å².